The summed E-state index contributed by atoms with van der Waals surface area (Å²) in [5.41, 5.74) is 5.90. The number of rotatable bonds is 5. The zero-order valence-electron chi connectivity index (χ0n) is 9.02. The molecule has 1 heterocycles. The molecular formula is C10H19N3S2. The number of nitrogens with two attached hydrogens (primary N) is 1. The lowest BCUT2D eigenvalue weighted by molar-refractivity contribution is 0.456. The van der Waals surface area contributed by atoms with Crippen molar-refractivity contribution >= 4 is 29.5 Å². The van der Waals surface area contributed by atoms with Crippen LogP contribution in [-0.4, -0.2) is 53.5 Å². The van der Waals surface area contributed by atoms with E-state index in [1.54, 1.807) is 0 Å². The predicted octanol–water partition coefficient (Wildman–Crippen LogP) is 1.27. The van der Waals surface area contributed by atoms with E-state index < -0.39 is 0 Å². The number of guanidine groups is 1. The monoisotopic (exact) mass is 245 g/mol. The number of hydrogen-bond acceptors (Lipinski definition) is 3. The number of aliphatic imine (C=N–C) groups is 1. The van der Waals surface area contributed by atoms with Gasteiger partial charge < -0.3 is 10.6 Å². The van der Waals surface area contributed by atoms with Crippen molar-refractivity contribution in [3.63, 3.8) is 0 Å². The maximum atomic E-state index is 5.90. The van der Waals surface area contributed by atoms with Crippen molar-refractivity contribution in [3.05, 3.63) is 12.7 Å². The molecule has 3 nitrogen and oxygen atoms in total. The summed E-state index contributed by atoms with van der Waals surface area (Å²) in [4.78, 5) is 6.55. The van der Waals surface area contributed by atoms with Gasteiger partial charge in [-0.05, 0) is 0 Å². The van der Waals surface area contributed by atoms with Gasteiger partial charge in [-0.25, -0.2) is 0 Å². The molecule has 1 saturated heterocycles. The molecule has 0 bridgehead atoms. The van der Waals surface area contributed by atoms with Crippen LogP contribution < -0.4 is 5.73 Å². The summed E-state index contributed by atoms with van der Waals surface area (Å²) in [5.74, 6) is 5.07. The molecule has 0 aromatic carbocycles. The van der Waals surface area contributed by atoms with Crippen LogP contribution in [0.1, 0.15) is 0 Å². The third kappa shape index (κ3) is 5.37. The highest BCUT2D eigenvalue weighted by atomic mass is 32.2. The Morgan fingerprint density at radius 1 is 1.53 bits per heavy atom. The van der Waals surface area contributed by atoms with E-state index in [0.29, 0.717) is 0 Å². The topological polar surface area (TPSA) is 41.6 Å². The highest BCUT2D eigenvalue weighted by molar-refractivity contribution is 7.99. The average molecular weight is 245 g/mol. The molecule has 1 rings (SSSR count). The van der Waals surface area contributed by atoms with Crippen LogP contribution in [-0.2, 0) is 0 Å². The maximum absolute atomic E-state index is 5.90. The smallest absolute Gasteiger partial charge is 0.191 e. The third-order valence-electron chi connectivity index (χ3n) is 2.08. The van der Waals surface area contributed by atoms with Gasteiger partial charge in [-0.1, -0.05) is 6.08 Å². The number of nitrogens with zero attached hydrogens (tertiary/aromatic N) is 2. The molecule has 0 aromatic heterocycles. The number of hydrogen-bond donors (Lipinski definition) is 1. The average Bonchev–Trinajstić information content (AvgIpc) is 2.30. The largest absolute Gasteiger partial charge is 0.370 e. The van der Waals surface area contributed by atoms with E-state index in [0.717, 1.165) is 37.1 Å². The molecule has 0 aliphatic carbocycles. The van der Waals surface area contributed by atoms with Crippen molar-refractivity contribution in [2.75, 3.05) is 42.6 Å². The molecule has 15 heavy (non-hydrogen) atoms. The van der Waals surface area contributed by atoms with Crippen LogP contribution in [0.2, 0.25) is 0 Å². The van der Waals surface area contributed by atoms with Gasteiger partial charge in [-0.2, -0.15) is 23.5 Å². The van der Waals surface area contributed by atoms with Crippen LogP contribution in [0.4, 0.5) is 0 Å². The second-order valence-electron chi connectivity index (χ2n) is 3.20. The number of thioether (sulfide) groups is 2. The minimum atomic E-state index is 0.717. The molecule has 0 atom stereocenters. The standard InChI is InChI=1S/C10H19N3S2/c1-2-6-14-7-3-12-10(11)13-4-8-15-9-5-13/h2H,1,3-9H2,(H2,11,12). The van der Waals surface area contributed by atoms with Crippen molar-refractivity contribution < 1.29 is 0 Å². The zero-order valence-corrected chi connectivity index (χ0v) is 10.7. The van der Waals surface area contributed by atoms with E-state index in [4.69, 9.17) is 5.73 Å². The Morgan fingerprint density at radius 2 is 2.27 bits per heavy atom. The molecule has 86 valence electrons. The first-order valence-electron chi connectivity index (χ1n) is 5.16. The van der Waals surface area contributed by atoms with Gasteiger partial charge in [0.2, 0.25) is 0 Å². The fraction of sp³-hybridized carbons (Fsp3) is 0.700. The molecular weight excluding hydrogens is 226 g/mol. The van der Waals surface area contributed by atoms with Crippen molar-refractivity contribution in [2.45, 2.75) is 0 Å². The molecule has 0 saturated carbocycles. The summed E-state index contributed by atoms with van der Waals surface area (Å²) in [7, 11) is 0. The summed E-state index contributed by atoms with van der Waals surface area (Å²) in [6, 6.07) is 0. The van der Waals surface area contributed by atoms with Crippen LogP contribution in [0, 0.1) is 0 Å². The lowest BCUT2D eigenvalue weighted by atomic mass is 10.5. The van der Waals surface area contributed by atoms with E-state index in [9.17, 15) is 0 Å². The van der Waals surface area contributed by atoms with Crippen LogP contribution in [0.15, 0.2) is 17.6 Å². The zero-order chi connectivity index (χ0) is 10.9. The summed E-state index contributed by atoms with van der Waals surface area (Å²) in [6.45, 7) is 6.57. The first kappa shape index (κ1) is 12.8. The van der Waals surface area contributed by atoms with Crippen molar-refractivity contribution in [2.24, 2.45) is 10.7 Å². The van der Waals surface area contributed by atoms with Gasteiger partial charge in [0.15, 0.2) is 5.96 Å². The Hall–Kier alpha value is -0.290. The fourth-order valence-electron chi connectivity index (χ4n) is 1.28. The molecule has 0 amide bonds. The van der Waals surface area contributed by atoms with Crippen LogP contribution in [0.25, 0.3) is 0 Å². The van der Waals surface area contributed by atoms with Gasteiger partial charge >= 0.3 is 0 Å². The second kappa shape index (κ2) is 7.93. The summed E-state index contributed by atoms with van der Waals surface area (Å²) in [6.07, 6.45) is 1.92. The Morgan fingerprint density at radius 3 is 2.93 bits per heavy atom. The van der Waals surface area contributed by atoms with Gasteiger partial charge in [0.25, 0.3) is 0 Å². The molecule has 0 aromatic rings. The van der Waals surface area contributed by atoms with E-state index >= 15 is 0 Å². The summed E-state index contributed by atoms with van der Waals surface area (Å²) >= 11 is 3.82. The fourth-order valence-corrected chi connectivity index (χ4v) is 2.74. The van der Waals surface area contributed by atoms with E-state index in [1.807, 2.05) is 29.6 Å². The van der Waals surface area contributed by atoms with Gasteiger partial charge in [0.1, 0.15) is 0 Å². The van der Waals surface area contributed by atoms with Gasteiger partial charge in [0.05, 0.1) is 6.54 Å². The summed E-state index contributed by atoms with van der Waals surface area (Å²) in [5, 5.41) is 0. The van der Waals surface area contributed by atoms with E-state index in [1.165, 1.54) is 11.5 Å². The van der Waals surface area contributed by atoms with Gasteiger partial charge in [0, 0.05) is 36.1 Å². The molecule has 5 heteroatoms. The van der Waals surface area contributed by atoms with Gasteiger partial charge in [-0.3, -0.25) is 4.99 Å². The Labute approximate surface area is 101 Å². The van der Waals surface area contributed by atoms with Crippen LogP contribution in [0.5, 0.6) is 0 Å². The first-order chi connectivity index (χ1) is 7.34. The predicted molar refractivity (Wildman–Crippen MR) is 72.9 cm³/mol. The quantitative estimate of drug-likeness (QED) is 0.343. The molecule has 0 radical (unpaired) electrons. The lowest BCUT2D eigenvalue weighted by Crippen LogP contribution is -2.42. The first-order valence-corrected chi connectivity index (χ1v) is 7.47. The molecule has 0 unspecified atom stereocenters. The molecule has 0 spiro atoms. The molecule has 2 N–H and O–H groups in total. The summed E-state index contributed by atoms with van der Waals surface area (Å²) < 4.78 is 0. The molecule has 1 aliphatic rings. The van der Waals surface area contributed by atoms with E-state index in [2.05, 4.69) is 16.5 Å². The molecule has 1 fully saturated rings. The van der Waals surface area contributed by atoms with Crippen LogP contribution in [0.3, 0.4) is 0 Å². The van der Waals surface area contributed by atoms with Gasteiger partial charge in [-0.15, -0.1) is 6.58 Å². The minimum absolute atomic E-state index is 0.717. The lowest BCUT2D eigenvalue weighted by Gasteiger charge is -2.27. The Kier molecular flexibility index (Phi) is 6.76. The van der Waals surface area contributed by atoms with Crippen molar-refractivity contribution in [1.82, 2.24) is 4.90 Å². The highest BCUT2D eigenvalue weighted by Gasteiger charge is 2.11. The van der Waals surface area contributed by atoms with E-state index in [-0.39, 0.29) is 0 Å². The maximum Gasteiger partial charge on any atom is 0.191 e. The normalized spacial score (nSPS) is 17.9. The third-order valence-corrected chi connectivity index (χ3v) is 3.97. The molecule has 1 aliphatic heterocycles. The van der Waals surface area contributed by atoms with Crippen molar-refractivity contribution in [1.29, 1.82) is 0 Å². The second-order valence-corrected chi connectivity index (χ2v) is 5.58. The minimum Gasteiger partial charge on any atom is -0.370 e. The highest BCUT2D eigenvalue weighted by Crippen LogP contribution is 2.08. The SMILES string of the molecule is C=CCSCCN=C(N)N1CCSCC1. The van der Waals surface area contributed by atoms with Crippen molar-refractivity contribution in [3.8, 4) is 0 Å². The Balaban J connectivity index is 2.16. The Bertz CT molecular complexity index is 213. The van der Waals surface area contributed by atoms with Crippen LogP contribution >= 0.6 is 23.5 Å².